The molecule has 0 saturated carbocycles. The highest BCUT2D eigenvalue weighted by Crippen LogP contribution is 2.27. The van der Waals surface area contributed by atoms with E-state index in [9.17, 15) is 8.78 Å². The van der Waals surface area contributed by atoms with E-state index in [1.54, 1.807) is 12.1 Å². The van der Waals surface area contributed by atoms with Gasteiger partial charge in [0.05, 0.1) is 0 Å². The molecule has 0 aromatic heterocycles. The minimum Gasteiger partial charge on any atom is -0.205 e. The molecule has 0 bridgehead atoms. The lowest BCUT2D eigenvalue weighted by Crippen LogP contribution is -1.86. The molecule has 0 aliphatic heterocycles. The van der Waals surface area contributed by atoms with Crippen molar-refractivity contribution in [1.82, 2.24) is 0 Å². The minimum absolute atomic E-state index is 0.0515. The number of hydrogen-bond acceptors (Lipinski definition) is 0. The van der Waals surface area contributed by atoms with Gasteiger partial charge in [-0.1, -0.05) is 28.1 Å². The van der Waals surface area contributed by atoms with Gasteiger partial charge in [-0.05, 0) is 18.6 Å². The molecule has 0 nitrogen and oxygen atoms in total. The average molecular weight is 221 g/mol. The van der Waals surface area contributed by atoms with Crippen molar-refractivity contribution in [3.05, 3.63) is 33.8 Å². The van der Waals surface area contributed by atoms with Gasteiger partial charge in [0.15, 0.2) is 0 Å². The van der Waals surface area contributed by atoms with Crippen molar-refractivity contribution in [2.45, 2.75) is 13.3 Å². The zero-order valence-corrected chi connectivity index (χ0v) is 7.53. The fraction of sp³-hybridized carbons (Fsp3) is 0.250. The van der Waals surface area contributed by atoms with E-state index in [0.717, 1.165) is 5.56 Å². The van der Waals surface area contributed by atoms with Gasteiger partial charge in [0.1, 0.15) is 0 Å². The first-order chi connectivity index (χ1) is 5.11. The third kappa shape index (κ3) is 1.99. The molecular formula is C8H7BrF2. The Hall–Kier alpha value is -0.440. The lowest BCUT2D eigenvalue weighted by Gasteiger charge is -2.02. The lowest BCUT2D eigenvalue weighted by atomic mass is 10.2. The monoisotopic (exact) mass is 220 g/mol. The van der Waals surface area contributed by atoms with Crippen LogP contribution in [0.25, 0.3) is 0 Å². The molecule has 0 saturated heterocycles. The summed E-state index contributed by atoms with van der Waals surface area (Å²) in [5.41, 5.74) is 1.02. The Labute approximate surface area is 72.4 Å². The van der Waals surface area contributed by atoms with Crippen molar-refractivity contribution in [2.75, 3.05) is 0 Å². The van der Waals surface area contributed by atoms with Crippen molar-refractivity contribution >= 4 is 15.9 Å². The maximum absolute atomic E-state index is 12.1. The van der Waals surface area contributed by atoms with Gasteiger partial charge in [-0.25, -0.2) is 8.78 Å². The number of rotatable bonds is 1. The van der Waals surface area contributed by atoms with Crippen molar-refractivity contribution < 1.29 is 8.78 Å². The van der Waals surface area contributed by atoms with Crippen LogP contribution in [0.3, 0.4) is 0 Å². The minimum atomic E-state index is -2.40. The third-order valence-corrected chi connectivity index (χ3v) is 2.08. The quantitative estimate of drug-likeness (QED) is 0.678. The van der Waals surface area contributed by atoms with Gasteiger partial charge in [-0.2, -0.15) is 0 Å². The van der Waals surface area contributed by atoms with E-state index in [1.165, 1.54) is 6.07 Å². The highest BCUT2D eigenvalue weighted by atomic mass is 79.9. The van der Waals surface area contributed by atoms with Crippen LogP contribution in [0, 0.1) is 6.92 Å². The van der Waals surface area contributed by atoms with E-state index in [2.05, 4.69) is 15.9 Å². The van der Waals surface area contributed by atoms with E-state index >= 15 is 0 Å². The van der Waals surface area contributed by atoms with E-state index < -0.39 is 6.43 Å². The van der Waals surface area contributed by atoms with Crippen molar-refractivity contribution in [2.24, 2.45) is 0 Å². The number of aryl methyl sites for hydroxylation is 1. The van der Waals surface area contributed by atoms with Crippen LogP contribution in [0.5, 0.6) is 0 Å². The van der Waals surface area contributed by atoms with Gasteiger partial charge in [0.2, 0.25) is 0 Å². The number of benzene rings is 1. The van der Waals surface area contributed by atoms with Gasteiger partial charge >= 0.3 is 0 Å². The van der Waals surface area contributed by atoms with Crippen molar-refractivity contribution in [3.8, 4) is 0 Å². The molecule has 0 aliphatic rings. The SMILES string of the molecule is Cc1ccc(C(F)F)c(Br)c1. The molecule has 1 rings (SSSR count). The largest absolute Gasteiger partial charge is 0.264 e. The summed E-state index contributed by atoms with van der Waals surface area (Å²) in [5, 5.41) is 0. The standard InChI is InChI=1S/C8H7BrF2/c1-5-2-3-6(8(10)11)7(9)4-5/h2-4,8H,1H3. The molecule has 3 heteroatoms. The number of halogens is 3. The summed E-state index contributed by atoms with van der Waals surface area (Å²) in [5.74, 6) is 0. The Balaban J connectivity index is 3.09. The summed E-state index contributed by atoms with van der Waals surface area (Å²) in [6.07, 6.45) is -2.40. The van der Waals surface area contributed by atoms with Crippen LogP contribution in [0.1, 0.15) is 17.6 Å². The molecule has 11 heavy (non-hydrogen) atoms. The molecule has 0 atom stereocenters. The Morgan fingerprint density at radius 3 is 2.45 bits per heavy atom. The van der Waals surface area contributed by atoms with Crippen LogP contribution >= 0.6 is 15.9 Å². The normalized spacial score (nSPS) is 10.6. The number of alkyl halides is 2. The highest BCUT2D eigenvalue weighted by Gasteiger charge is 2.09. The molecule has 1 aromatic rings. The van der Waals surface area contributed by atoms with Crippen LogP contribution < -0.4 is 0 Å². The van der Waals surface area contributed by atoms with Gasteiger partial charge in [0, 0.05) is 10.0 Å². The fourth-order valence-corrected chi connectivity index (χ4v) is 1.48. The molecule has 0 radical (unpaired) electrons. The smallest absolute Gasteiger partial charge is 0.205 e. The second-order valence-electron chi connectivity index (χ2n) is 2.33. The van der Waals surface area contributed by atoms with Crippen LogP contribution in [-0.4, -0.2) is 0 Å². The molecular weight excluding hydrogens is 214 g/mol. The zero-order valence-electron chi connectivity index (χ0n) is 5.94. The summed E-state index contributed by atoms with van der Waals surface area (Å²) >= 11 is 3.07. The Kier molecular flexibility index (Phi) is 2.60. The Bertz CT molecular complexity index is 258. The molecule has 60 valence electrons. The molecule has 0 spiro atoms. The zero-order chi connectivity index (χ0) is 8.43. The van der Waals surface area contributed by atoms with Crippen LogP contribution in [0.4, 0.5) is 8.78 Å². The van der Waals surface area contributed by atoms with E-state index in [4.69, 9.17) is 0 Å². The Morgan fingerprint density at radius 2 is 2.00 bits per heavy atom. The first-order valence-electron chi connectivity index (χ1n) is 3.15. The van der Waals surface area contributed by atoms with E-state index in [-0.39, 0.29) is 5.56 Å². The molecule has 0 heterocycles. The van der Waals surface area contributed by atoms with Crippen molar-refractivity contribution in [3.63, 3.8) is 0 Å². The first-order valence-corrected chi connectivity index (χ1v) is 3.95. The average Bonchev–Trinajstić information content (AvgIpc) is 1.85. The number of hydrogen-bond donors (Lipinski definition) is 0. The summed E-state index contributed by atoms with van der Waals surface area (Å²) < 4.78 is 24.7. The fourth-order valence-electron chi connectivity index (χ4n) is 0.809. The molecule has 0 fully saturated rings. The van der Waals surface area contributed by atoms with E-state index in [0.29, 0.717) is 4.47 Å². The molecule has 0 unspecified atom stereocenters. The van der Waals surface area contributed by atoms with E-state index in [1.807, 2.05) is 6.92 Å². The van der Waals surface area contributed by atoms with Gasteiger partial charge in [0.25, 0.3) is 6.43 Å². The second-order valence-corrected chi connectivity index (χ2v) is 3.18. The van der Waals surface area contributed by atoms with Gasteiger partial charge < -0.3 is 0 Å². The lowest BCUT2D eigenvalue weighted by molar-refractivity contribution is 0.150. The maximum Gasteiger partial charge on any atom is 0.264 e. The Morgan fingerprint density at radius 1 is 1.36 bits per heavy atom. The topological polar surface area (TPSA) is 0 Å². The maximum atomic E-state index is 12.1. The molecule has 1 aromatic carbocycles. The summed E-state index contributed by atoms with van der Waals surface area (Å²) in [6, 6.07) is 4.79. The van der Waals surface area contributed by atoms with Crippen molar-refractivity contribution in [1.29, 1.82) is 0 Å². The molecule has 0 amide bonds. The van der Waals surface area contributed by atoms with Gasteiger partial charge in [-0.15, -0.1) is 0 Å². The predicted molar refractivity (Wildman–Crippen MR) is 43.8 cm³/mol. The predicted octanol–water partition coefficient (Wildman–Crippen LogP) is 3.70. The van der Waals surface area contributed by atoms with Crippen LogP contribution in [0.15, 0.2) is 22.7 Å². The van der Waals surface area contributed by atoms with Crippen LogP contribution in [0.2, 0.25) is 0 Å². The second kappa shape index (κ2) is 3.30. The van der Waals surface area contributed by atoms with Crippen LogP contribution in [-0.2, 0) is 0 Å². The molecule has 0 aliphatic carbocycles. The highest BCUT2D eigenvalue weighted by molar-refractivity contribution is 9.10. The summed E-state index contributed by atoms with van der Waals surface area (Å²) in [7, 11) is 0. The molecule has 0 N–H and O–H groups in total. The summed E-state index contributed by atoms with van der Waals surface area (Å²) in [4.78, 5) is 0. The summed E-state index contributed by atoms with van der Waals surface area (Å²) in [6.45, 7) is 1.86. The third-order valence-electron chi connectivity index (χ3n) is 1.39. The first kappa shape index (κ1) is 8.65. The van der Waals surface area contributed by atoms with Gasteiger partial charge in [-0.3, -0.25) is 0 Å².